The van der Waals surface area contributed by atoms with Crippen LogP contribution >= 0.6 is 0 Å². The van der Waals surface area contributed by atoms with Crippen molar-refractivity contribution in [2.75, 3.05) is 6.61 Å². The van der Waals surface area contributed by atoms with Crippen molar-refractivity contribution in [1.29, 1.82) is 0 Å². The standard InChI is InChI=1S/C12H19NO2/c1-4-5-14-9-12-6-11(8-15-12)7-13-10(2)3/h4,6,8,10,13H,1,5,7,9H2,2-3H3. The van der Waals surface area contributed by atoms with Gasteiger partial charge in [-0.3, -0.25) is 0 Å². The van der Waals surface area contributed by atoms with Crippen molar-refractivity contribution in [2.24, 2.45) is 0 Å². The lowest BCUT2D eigenvalue weighted by Gasteiger charge is -2.04. The summed E-state index contributed by atoms with van der Waals surface area (Å²) in [5.41, 5.74) is 1.15. The van der Waals surface area contributed by atoms with E-state index in [-0.39, 0.29) is 0 Å². The molecular weight excluding hydrogens is 190 g/mol. The number of hydrogen-bond acceptors (Lipinski definition) is 3. The number of rotatable bonds is 7. The zero-order valence-corrected chi connectivity index (χ0v) is 9.45. The predicted octanol–water partition coefficient (Wildman–Crippen LogP) is 2.48. The Balaban J connectivity index is 2.32. The van der Waals surface area contributed by atoms with Crippen molar-refractivity contribution in [1.82, 2.24) is 5.32 Å². The van der Waals surface area contributed by atoms with Crippen LogP contribution < -0.4 is 5.32 Å². The molecule has 0 saturated heterocycles. The molecule has 15 heavy (non-hydrogen) atoms. The highest BCUT2D eigenvalue weighted by Gasteiger charge is 2.02. The quantitative estimate of drug-likeness (QED) is 0.553. The Hall–Kier alpha value is -1.06. The van der Waals surface area contributed by atoms with E-state index < -0.39 is 0 Å². The zero-order chi connectivity index (χ0) is 11.1. The molecule has 0 unspecified atom stereocenters. The van der Waals surface area contributed by atoms with Gasteiger partial charge in [0.15, 0.2) is 0 Å². The van der Waals surface area contributed by atoms with Gasteiger partial charge < -0.3 is 14.5 Å². The summed E-state index contributed by atoms with van der Waals surface area (Å²) in [7, 11) is 0. The third kappa shape index (κ3) is 4.81. The Morgan fingerprint density at radius 2 is 2.40 bits per heavy atom. The maximum absolute atomic E-state index is 5.34. The van der Waals surface area contributed by atoms with E-state index >= 15 is 0 Å². The summed E-state index contributed by atoms with van der Waals surface area (Å²) >= 11 is 0. The number of nitrogens with one attached hydrogen (secondary N) is 1. The van der Waals surface area contributed by atoms with Crippen molar-refractivity contribution in [3.63, 3.8) is 0 Å². The Labute approximate surface area is 91.1 Å². The van der Waals surface area contributed by atoms with E-state index in [9.17, 15) is 0 Å². The third-order valence-electron chi connectivity index (χ3n) is 1.90. The maximum Gasteiger partial charge on any atom is 0.129 e. The first-order chi connectivity index (χ1) is 7.22. The smallest absolute Gasteiger partial charge is 0.129 e. The van der Waals surface area contributed by atoms with Crippen LogP contribution in [0, 0.1) is 0 Å². The Morgan fingerprint density at radius 3 is 3.07 bits per heavy atom. The lowest BCUT2D eigenvalue weighted by atomic mass is 10.3. The molecule has 0 atom stereocenters. The van der Waals surface area contributed by atoms with Gasteiger partial charge in [0.05, 0.1) is 12.9 Å². The molecule has 1 heterocycles. The number of furan rings is 1. The molecule has 1 N–H and O–H groups in total. The second kappa shape index (κ2) is 6.43. The molecule has 84 valence electrons. The molecular formula is C12H19NO2. The molecule has 0 spiro atoms. The molecule has 0 radical (unpaired) electrons. The van der Waals surface area contributed by atoms with Crippen LogP contribution in [0.25, 0.3) is 0 Å². The number of ether oxygens (including phenoxy) is 1. The average molecular weight is 209 g/mol. The van der Waals surface area contributed by atoms with Crippen molar-refractivity contribution in [3.05, 3.63) is 36.3 Å². The molecule has 0 aliphatic heterocycles. The fraction of sp³-hybridized carbons (Fsp3) is 0.500. The van der Waals surface area contributed by atoms with Crippen LogP contribution in [0.1, 0.15) is 25.2 Å². The molecule has 0 saturated carbocycles. The second-order valence-electron chi connectivity index (χ2n) is 3.76. The van der Waals surface area contributed by atoms with Gasteiger partial charge in [-0.2, -0.15) is 0 Å². The fourth-order valence-electron chi connectivity index (χ4n) is 1.16. The van der Waals surface area contributed by atoms with Crippen LogP contribution in [0.3, 0.4) is 0 Å². The molecule has 3 heteroatoms. The second-order valence-corrected chi connectivity index (χ2v) is 3.76. The summed E-state index contributed by atoms with van der Waals surface area (Å²) < 4.78 is 10.6. The van der Waals surface area contributed by atoms with Crippen molar-refractivity contribution in [2.45, 2.75) is 33.0 Å². The first-order valence-electron chi connectivity index (χ1n) is 5.20. The van der Waals surface area contributed by atoms with Crippen molar-refractivity contribution >= 4 is 0 Å². The van der Waals surface area contributed by atoms with Gasteiger partial charge in [0.25, 0.3) is 0 Å². The van der Waals surface area contributed by atoms with Gasteiger partial charge in [0.2, 0.25) is 0 Å². The lowest BCUT2D eigenvalue weighted by molar-refractivity contribution is 0.132. The minimum Gasteiger partial charge on any atom is -0.467 e. The first kappa shape index (κ1) is 12.0. The molecule has 1 rings (SSSR count). The van der Waals surface area contributed by atoms with Crippen LogP contribution in [-0.2, 0) is 17.9 Å². The summed E-state index contributed by atoms with van der Waals surface area (Å²) in [5, 5.41) is 3.33. The van der Waals surface area contributed by atoms with E-state index in [4.69, 9.17) is 9.15 Å². The molecule has 1 aromatic rings. The highest BCUT2D eigenvalue weighted by atomic mass is 16.5. The van der Waals surface area contributed by atoms with E-state index in [0.717, 1.165) is 17.9 Å². The predicted molar refractivity (Wildman–Crippen MR) is 60.5 cm³/mol. The van der Waals surface area contributed by atoms with Gasteiger partial charge in [-0.05, 0) is 6.07 Å². The minimum absolute atomic E-state index is 0.486. The fourth-order valence-corrected chi connectivity index (χ4v) is 1.16. The van der Waals surface area contributed by atoms with Gasteiger partial charge in [0, 0.05) is 18.2 Å². The Kier molecular flexibility index (Phi) is 5.15. The maximum atomic E-state index is 5.34. The highest BCUT2D eigenvalue weighted by molar-refractivity contribution is 5.12. The van der Waals surface area contributed by atoms with E-state index in [1.165, 1.54) is 0 Å². The Morgan fingerprint density at radius 1 is 1.60 bits per heavy atom. The van der Waals surface area contributed by atoms with Crippen LogP contribution in [0.5, 0.6) is 0 Å². The minimum atomic E-state index is 0.486. The highest BCUT2D eigenvalue weighted by Crippen LogP contribution is 2.09. The molecule has 0 bridgehead atoms. The molecule has 3 nitrogen and oxygen atoms in total. The normalized spacial score (nSPS) is 10.9. The van der Waals surface area contributed by atoms with Gasteiger partial charge in [-0.25, -0.2) is 0 Å². The molecule has 0 amide bonds. The van der Waals surface area contributed by atoms with Gasteiger partial charge in [-0.1, -0.05) is 19.9 Å². The Bertz CT molecular complexity index is 292. The monoisotopic (exact) mass is 209 g/mol. The average Bonchev–Trinajstić information content (AvgIpc) is 2.63. The summed E-state index contributed by atoms with van der Waals surface area (Å²) in [6.07, 6.45) is 3.49. The van der Waals surface area contributed by atoms with E-state index in [0.29, 0.717) is 19.3 Å². The number of hydrogen-bond donors (Lipinski definition) is 1. The largest absolute Gasteiger partial charge is 0.467 e. The molecule has 0 aliphatic rings. The van der Waals surface area contributed by atoms with Crippen LogP contribution in [0.4, 0.5) is 0 Å². The summed E-state index contributed by atoms with van der Waals surface area (Å²) in [6, 6.07) is 2.50. The SMILES string of the molecule is C=CCOCc1cc(CNC(C)C)co1. The lowest BCUT2D eigenvalue weighted by Crippen LogP contribution is -2.21. The molecule has 0 aliphatic carbocycles. The van der Waals surface area contributed by atoms with Gasteiger partial charge in [0.1, 0.15) is 12.4 Å². The summed E-state index contributed by atoms with van der Waals surface area (Å²) in [5.74, 6) is 0.859. The zero-order valence-electron chi connectivity index (χ0n) is 9.45. The van der Waals surface area contributed by atoms with Crippen molar-refractivity contribution < 1.29 is 9.15 Å². The third-order valence-corrected chi connectivity index (χ3v) is 1.90. The van der Waals surface area contributed by atoms with E-state index in [2.05, 4.69) is 25.7 Å². The van der Waals surface area contributed by atoms with Crippen LogP contribution in [0.15, 0.2) is 29.4 Å². The molecule has 0 aromatic carbocycles. The summed E-state index contributed by atoms with van der Waals surface area (Å²) in [4.78, 5) is 0. The summed E-state index contributed by atoms with van der Waals surface area (Å²) in [6.45, 7) is 9.72. The van der Waals surface area contributed by atoms with Gasteiger partial charge >= 0.3 is 0 Å². The van der Waals surface area contributed by atoms with Gasteiger partial charge in [-0.15, -0.1) is 6.58 Å². The molecule has 1 aromatic heterocycles. The van der Waals surface area contributed by atoms with E-state index in [1.807, 2.05) is 6.07 Å². The molecule has 0 fully saturated rings. The first-order valence-corrected chi connectivity index (χ1v) is 5.20. The van der Waals surface area contributed by atoms with E-state index in [1.54, 1.807) is 12.3 Å². The van der Waals surface area contributed by atoms with Crippen LogP contribution in [-0.4, -0.2) is 12.6 Å². The van der Waals surface area contributed by atoms with Crippen molar-refractivity contribution in [3.8, 4) is 0 Å². The topological polar surface area (TPSA) is 34.4 Å². The van der Waals surface area contributed by atoms with Crippen LogP contribution in [0.2, 0.25) is 0 Å².